The smallest absolute Gasteiger partial charge is 0.453 e. The summed E-state index contributed by atoms with van der Waals surface area (Å²) >= 11 is 0. The molecule has 3 unspecified atom stereocenters. The van der Waals surface area contributed by atoms with E-state index in [2.05, 4.69) is 0 Å². The van der Waals surface area contributed by atoms with E-state index in [4.69, 9.17) is 23.7 Å². The average Bonchev–Trinajstić information content (AvgIpc) is 2.83. The monoisotopic (exact) mass is 644 g/mol. The molecule has 4 saturated carbocycles. The van der Waals surface area contributed by atoms with Gasteiger partial charge < -0.3 is 28.8 Å². The molecule has 1 heterocycles. The molecule has 0 aromatic carbocycles. The van der Waals surface area contributed by atoms with E-state index >= 15 is 0 Å². The Morgan fingerprint density at radius 1 is 0.907 bits per heavy atom. The molecule has 4 aliphatic carbocycles. The summed E-state index contributed by atoms with van der Waals surface area (Å²) in [6.45, 7) is -1.48. The Kier molecular flexibility index (Phi) is 8.86. The van der Waals surface area contributed by atoms with Gasteiger partial charge in [-0.15, -0.1) is 0 Å². The molecule has 1 aliphatic heterocycles. The molecular weight excluding hydrogens is 611 g/mol. The summed E-state index contributed by atoms with van der Waals surface area (Å²) in [6, 6.07) is 0. The van der Waals surface area contributed by atoms with Crippen molar-refractivity contribution in [3.63, 3.8) is 0 Å². The molecule has 5 rings (SSSR count). The highest BCUT2D eigenvalue weighted by Crippen LogP contribution is 2.64. The van der Waals surface area contributed by atoms with Crippen molar-refractivity contribution < 1.29 is 77.9 Å². The van der Waals surface area contributed by atoms with Gasteiger partial charge in [0.2, 0.25) is 0 Å². The minimum Gasteiger partial charge on any atom is -0.465 e. The van der Waals surface area contributed by atoms with Crippen molar-refractivity contribution in [1.29, 1.82) is 0 Å². The highest BCUT2D eigenvalue weighted by Gasteiger charge is 2.68. The zero-order valence-corrected chi connectivity index (χ0v) is 23.3. The van der Waals surface area contributed by atoms with E-state index in [1.165, 1.54) is 0 Å². The van der Waals surface area contributed by atoms with Gasteiger partial charge in [-0.05, 0) is 44.9 Å². The average molecular weight is 645 g/mol. The first-order valence-electron chi connectivity index (χ1n) is 13.7. The maximum atomic E-state index is 13.6. The normalized spacial score (nSPS) is 35.2. The number of carbonyl (C=O) groups is 2. The quantitative estimate of drug-likeness (QED) is 0.191. The number of alkyl halides is 9. The molecule has 5 aliphatic rings. The number of esters is 2. The van der Waals surface area contributed by atoms with E-state index in [0.29, 0.717) is 33.1 Å². The predicted molar refractivity (Wildman–Crippen MR) is 124 cm³/mol. The van der Waals surface area contributed by atoms with Gasteiger partial charge in [0, 0.05) is 18.8 Å². The second-order valence-electron chi connectivity index (χ2n) is 12.7. The molecule has 0 amide bonds. The lowest BCUT2D eigenvalue weighted by Crippen LogP contribution is -2.69. The van der Waals surface area contributed by atoms with E-state index in [9.17, 15) is 54.2 Å². The molecule has 1 spiro atoms. The van der Waals surface area contributed by atoms with Gasteiger partial charge in [-0.25, -0.2) is 13.6 Å². The van der Waals surface area contributed by atoms with Crippen molar-refractivity contribution in [2.75, 3.05) is 26.4 Å². The molecule has 3 atom stereocenters. The zero-order valence-electron chi connectivity index (χ0n) is 23.3. The molecule has 17 heteroatoms. The predicted octanol–water partition coefficient (Wildman–Crippen LogP) is 5.00. The first-order chi connectivity index (χ1) is 19.5. The lowest BCUT2D eigenvalue weighted by atomic mass is 9.51. The summed E-state index contributed by atoms with van der Waals surface area (Å²) in [6.07, 6.45) is -10.3. The van der Waals surface area contributed by atoms with Crippen LogP contribution in [-0.2, 0) is 33.3 Å². The highest BCUT2D eigenvalue weighted by atomic mass is 19.4. The third-order valence-corrected chi connectivity index (χ3v) is 8.57. The molecule has 0 aromatic rings. The van der Waals surface area contributed by atoms with Crippen LogP contribution in [0.1, 0.15) is 58.8 Å². The van der Waals surface area contributed by atoms with Crippen molar-refractivity contribution in [2.45, 2.75) is 100 Å². The molecular formula is C26H33F9O8. The standard InChI is InChI=1S/C26H33F9O8/c1-20(27,28)8-17(36)39-10-22(11-40-18(37)9-24(31,32)26(33,34)35)12-41-25(42-13-22)15-3-14-4-16(25)7-23(5-14,6-15)43-19(38)21(2,29)30/h14-16,18,37H,3-13H2,1-2H3. The van der Waals surface area contributed by atoms with Crippen LogP contribution >= 0.6 is 0 Å². The van der Waals surface area contributed by atoms with E-state index in [-0.39, 0.29) is 18.8 Å². The Morgan fingerprint density at radius 3 is 1.95 bits per heavy atom. The molecule has 5 fully saturated rings. The number of hydrogen-bond donors (Lipinski definition) is 1. The second kappa shape index (κ2) is 11.2. The second-order valence-corrected chi connectivity index (χ2v) is 12.7. The van der Waals surface area contributed by atoms with Crippen LogP contribution in [-0.4, -0.2) is 85.1 Å². The molecule has 43 heavy (non-hydrogen) atoms. The van der Waals surface area contributed by atoms with Gasteiger partial charge in [-0.1, -0.05) is 0 Å². The summed E-state index contributed by atoms with van der Waals surface area (Å²) < 4.78 is 146. The number of carbonyl (C=O) groups excluding carboxylic acids is 2. The Bertz CT molecular complexity index is 1030. The molecule has 248 valence electrons. The summed E-state index contributed by atoms with van der Waals surface area (Å²) in [7, 11) is 0. The summed E-state index contributed by atoms with van der Waals surface area (Å²) in [5.41, 5.74) is -2.76. The van der Waals surface area contributed by atoms with Gasteiger partial charge >= 0.3 is 30.0 Å². The van der Waals surface area contributed by atoms with E-state index in [1.54, 1.807) is 0 Å². The molecule has 0 aromatic heterocycles. The first-order valence-corrected chi connectivity index (χ1v) is 13.7. The van der Waals surface area contributed by atoms with Gasteiger partial charge in [0.25, 0.3) is 5.92 Å². The van der Waals surface area contributed by atoms with Crippen molar-refractivity contribution >= 4 is 11.9 Å². The van der Waals surface area contributed by atoms with E-state index < -0.39 is 110 Å². The molecule has 0 radical (unpaired) electrons. The van der Waals surface area contributed by atoms with Crippen molar-refractivity contribution in [1.82, 2.24) is 0 Å². The molecule has 1 N–H and O–H groups in total. The lowest BCUT2D eigenvalue weighted by molar-refractivity contribution is -0.399. The topological polar surface area (TPSA) is 101 Å². The van der Waals surface area contributed by atoms with Crippen LogP contribution in [0.4, 0.5) is 39.5 Å². The Hall–Kier alpha value is -1.85. The molecule has 1 saturated heterocycles. The summed E-state index contributed by atoms with van der Waals surface area (Å²) in [5, 5.41) is 9.80. The number of hydrogen-bond acceptors (Lipinski definition) is 8. The van der Waals surface area contributed by atoms with Crippen LogP contribution < -0.4 is 0 Å². The van der Waals surface area contributed by atoms with Crippen molar-refractivity contribution in [2.24, 2.45) is 23.2 Å². The number of halogens is 9. The number of aliphatic hydroxyl groups excluding tert-OH is 1. The highest BCUT2D eigenvalue weighted by molar-refractivity contribution is 5.77. The van der Waals surface area contributed by atoms with Gasteiger partial charge in [0.1, 0.15) is 18.6 Å². The maximum Gasteiger partial charge on any atom is 0.453 e. The van der Waals surface area contributed by atoms with Gasteiger partial charge in [0.05, 0.1) is 31.7 Å². The van der Waals surface area contributed by atoms with Crippen LogP contribution in [0.2, 0.25) is 0 Å². The minimum atomic E-state index is -5.96. The third kappa shape index (κ3) is 7.35. The number of ether oxygens (including phenoxy) is 5. The van der Waals surface area contributed by atoms with Crippen LogP contribution in [0.5, 0.6) is 0 Å². The Labute approximate surface area is 240 Å². The van der Waals surface area contributed by atoms with E-state index in [0.717, 1.165) is 0 Å². The Morgan fingerprint density at radius 2 is 1.47 bits per heavy atom. The van der Waals surface area contributed by atoms with E-state index in [1.807, 2.05) is 0 Å². The third-order valence-electron chi connectivity index (χ3n) is 8.57. The minimum absolute atomic E-state index is 0.0192. The van der Waals surface area contributed by atoms with Crippen LogP contribution in [0.15, 0.2) is 0 Å². The van der Waals surface area contributed by atoms with Crippen molar-refractivity contribution in [3.8, 4) is 0 Å². The fraction of sp³-hybridized carbons (Fsp3) is 0.923. The summed E-state index contributed by atoms with van der Waals surface area (Å²) in [4.78, 5) is 24.0. The van der Waals surface area contributed by atoms with Gasteiger partial charge in [0.15, 0.2) is 12.1 Å². The lowest BCUT2D eigenvalue weighted by Gasteiger charge is -2.65. The fourth-order valence-corrected chi connectivity index (χ4v) is 6.77. The molecule has 4 bridgehead atoms. The zero-order chi connectivity index (χ0) is 32.3. The van der Waals surface area contributed by atoms with Crippen LogP contribution in [0, 0.1) is 23.2 Å². The Balaban J connectivity index is 1.47. The van der Waals surface area contributed by atoms with Gasteiger partial charge in [-0.2, -0.15) is 30.7 Å². The first kappa shape index (κ1) is 34.0. The van der Waals surface area contributed by atoms with Crippen molar-refractivity contribution in [3.05, 3.63) is 0 Å². The van der Waals surface area contributed by atoms with Gasteiger partial charge in [-0.3, -0.25) is 4.79 Å². The number of rotatable bonds is 11. The SMILES string of the molecule is CC(F)(F)CC(=O)OCC1(COC(O)CC(F)(F)C(F)(F)F)COC2(OC1)C1CC3CC2CC(OC(=O)C(C)(F)F)(C3)C1. The largest absolute Gasteiger partial charge is 0.465 e. The summed E-state index contributed by atoms with van der Waals surface area (Å²) in [5.74, 6) is -17.6. The maximum absolute atomic E-state index is 13.6. The van der Waals surface area contributed by atoms with Crippen LogP contribution in [0.25, 0.3) is 0 Å². The fourth-order valence-electron chi connectivity index (χ4n) is 6.77. The van der Waals surface area contributed by atoms with Crippen LogP contribution in [0.3, 0.4) is 0 Å². The molecule has 8 nitrogen and oxygen atoms in total. The number of aliphatic hydroxyl groups is 1.